The molecular formula is C14H12N2O5S2. The molecule has 1 amide bonds. The minimum atomic E-state index is -0.497. The van der Waals surface area contributed by atoms with E-state index in [4.69, 9.17) is 4.74 Å². The Morgan fingerprint density at radius 2 is 2.30 bits per heavy atom. The molecule has 1 heterocycles. The van der Waals surface area contributed by atoms with Crippen molar-refractivity contribution >= 4 is 51.5 Å². The van der Waals surface area contributed by atoms with Crippen LogP contribution in [0, 0.1) is 10.1 Å². The van der Waals surface area contributed by atoms with Crippen molar-refractivity contribution < 1.29 is 19.2 Å². The molecule has 0 saturated heterocycles. The minimum absolute atomic E-state index is 0.0485. The van der Waals surface area contributed by atoms with Gasteiger partial charge in [-0.05, 0) is 18.6 Å². The van der Waals surface area contributed by atoms with E-state index >= 15 is 0 Å². The fourth-order valence-corrected chi connectivity index (χ4v) is 3.45. The van der Waals surface area contributed by atoms with E-state index in [0.29, 0.717) is 21.5 Å². The van der Waals surface area contributed by atoms with Gasteiger partial charge >= 0.3 is 5.97 Å². The lowest BCUT2D eigenvalue weighted by Gasteiger charge is -2.00. The second-order valence-corrected chi connectivity index (χ2v) is 6.49. The molecule has 1 aromatic carbocycles. The van der Waals surface area contributed by atoms with E-state index in [1.165, 1.54) is 12.1 Å². The molecule has 0 unspecified atom stereocenters. The first kappa shape index (κ1) is 17.2. The normalized spacial score (nSPS) is 15.6. The van der Waals surface area contributed by atoms with E-state index in [9.17, 15) is 19.7 Å². The van der Waals surface area contributed by atoms with Crippen molar-refractivity contribution in [3.63, 3.8) is 0 Å². The molecule has 120 valence electrons. The number of nitro groups is 1. The number of carbonyl (C=O) groups is 2. The number of nitrogens with zero attached hydrogens (tertiary/aromatic N) is 2. The second kappa shape index (κ2) is 7.93. The summed E-state index contributed by atoms with van der Waals surface area (Å²) in [6, 6.07) is 5.97. The Morgan fingerprint density at radius 1 is 1.52 bits per heavy atom. The van der Waals surface area contributed by atoms with Crippen LogP contribution in [0.15, 0.2) is 34.2 Å². The summed E-state index contributed by atoms with van der Waals surface area (Å²) in [5.74, 6) is -0.714. The highest BCUT2D eigenvalue weighted by molar-refractivity contribution is 8.41. The molecule has 2 rings (SSSR count). The highest BCUT2D eigenvalue weighted by Crippen LogP contribution is 2.34. The van der Waals surface area contributed by atoms with Crippen LogP contribution in [-0.2, 0) is 14.3 Å². The van der Waals surface area contributed by atoms with Crippen molar-refractivity contribution in [2.45, 2.75) is 6.92 Å². The predicted octanol–water partition coefficient (Wildman–Crippen LogP) is 2.86. The Morgan fingerprint density at radius 3 is 3.00 bits per heavy atom. The number of ether oxygens (including phenoxy) is 1. The van der Waals surface area contributed by atoms with Gasteiger partial charge in [0.25, 0.3) is 11.6 Å². The smallest absolute Gasteiger partial charge is 0.316 e. The Hall–Kier alpha value is -2.13. The van der Waals surface area contributed by atoms with E-state index in [1.807, 2.05) is 0 Å². The number of amides is 1. The van der Waals surface area contributed by atoms with Gasteiger partial charge in [-0.3, -0.25) is 19.7 Å². The third-order valence-electron chi connectivity index (χ3n) is 2.60. The molecule has 23 heavy (non-hydrogen) atoms. The first-order chi connectivity index (χ1) is 11.0. The number of hydrogen-bond acceptors (Lipinski definition) is 7. The standard InChI is InChI=1S/C14H12N2O5S2/c1-2-21-12(17)8-22-14-15-13(18)11(23-14)7-9-4-3-5-10(6-9)16(19)20/h3-7H,2,8H2,1H3/b11-7-. The zero-order valence-electron chi connectivity index (χ0n) is 12.1. The van der Waals surface area contributed by atoms with Gasteiger partial charge in [0.1, 0.15) is 4.38 Å². The van der Waals surface area contributed by atoms with E-state index in [1.54, 1.807) is 25.1 Å². The fraction of sp³-hybridized carbons (Fsp3) is 0.214. The van der Waals surface area contributed by atoms with Crippen LogP contribution in [0.1, 0.15) is 12.5 Å². The van der Waals surface area contributed by atoms with Crippen molar-refractivity contribution in [1.29, 1.82) is 0 Å². The maximum absolute atomic E-state index is 11.8. The lowest BCUT2D eigenvalue weighted by molar-refractivity contribution is -0.384. The van der Waals surface area contributed by atoms with Crippen LogP contribution in [0.4, 0.5) is 5.69 Å². The van der Waals surface area contributed by atoms with Crippen LogP contribution in [0.25, 0.3) is 6.08 Å². The monoisotopic (exact) mass is 352 g/mol. The van der Waals surface area contributed by atoms with Crippen LogP contribution in [0.3, 0.4) is 0 Å². The quantitative estimate of drug-likeness (QED) is 0.348. The summed E-state index contributed by atoms with van der Waals surface area (Å²) in [7, 11) is 0. The molecule has 0 bridgehead atoms. The van der Waals surface area contributed by atoms with Gasteiger partial charge in [-0.1, -0.05) is 35.7 Å². The van der Waals surface area contributed by atoms with Crippen molar-refractivity contribution in [1.82, 2.24) is 0 Å². The molecule has 0 atom stereocenters. The SMILES string of the molecule is CCOC(=O)CSC1=NC(=O)/C(=C/c2cccc([N+](=O)[O-])c2)S1. The number of aliphatic imine (C=N–C) groups is 1. The molecule has 0 aromatic heterocycles. The topological polar surface area (TPSA) is 98.9 Å². The Kier molecular flexibility index (Phi) is 5.94. The maximum Gasteiger partial charge on any atom is 0.316 e. The second-order valence-electron chi connectivity index (χ2n) is 4.24. The zero-order chi connectivity index (χ0) is 16.8. The maximum atomic E-state index is 11.8. The van der Waals surface area contributed by atoms with Crippen molar-refractivity contribution in [2.75, 3.05) is 12.4 Å². The first-order valence-corrected chi connectivity index (χ1v) is 8.35. The van der Waals surface area contributed by atoms with Crippen LogP contribution in [0.5, 0.6) is 0 Å². The molecule has 7 nitrogen and oxygen atoms in total. The summed E-state index contributed by atoms with van der Waals surface area (Å²) >= 11 is 2.26. The molecule has 0 saturated carbocycles. The highest BCUT2D eigenvalue weighted by atomic mass is 32.2. The van der Waals surface area contributed by atoms with Gasteiger partial charge in [-0.2, -0.15) is 4.99 Å². The molecule has 0 radical (unpaired) electrons. The summed E-state index contributed by atoms with van der Waals surface area (Å²) < 4.78 is 5.26. The van der Waals surface area contributed by atoms with Crippen molar-refractivity contribution in [3.8, 4) is 0 Å². The number of thioether (sulfide) groups is 2. The first-order valence-electron chi connectivity index (χ1n) is 6.55. The highest BCUT2D eigenvalue weighted by Gasteiger charge is 2.23. The summed E-state index contributed by atoms with van der Waals surface area (Å²) in [6.45, 7) is 2.02. The lowest BCUT2D eigenvalue weighted by atomic mass is 10.2. The number of benzene rings is 1. The van der Waals surface area contributed by atoms with Gasteiger partial charge in [-0.15, -0.1) is 0 Å². The number of non-ortho nitro benzene ring substituents is 1. The van der Waals surface area contributed by atoms with Gasteiger partial charge in [0.05, 0.1) is 22.2 Å². The molecule has 1 aliphatic rings. The van der Waals surface area contributed by atoms with Crippen LogP contribution in [0.2, 0.25) is 0 Å². The van der Waals surface area contributed by atoms with Crippen LogP contribution < -0.4 is 0 Å². The lowest BCUT2D eigenvalue weighted by Crippen LogP contribution is -2.07. The molecule has 0 N–H and O–H groups in total. The number of rotatable bonds is 5. The van der Waals surface area contributed by atoms with Gasteiger partial charge < -0.3 is 4.74 Å². The number of hydrogen-bond donors (Lipinski definition) is 0. The Labute approximate surface area is 140 Å². The average Bonchev–Trinajstić information content (AvgIpc) is 2.86. The summed E-state index contributed by atoms with van der Waals surface area (Å²) in [4.78, 5) is 37.6. The number of nitro benzene ring substituents is 1. The predicted molar refractivity (Wildman–Crippen MR) is 90.2 cm³/mol. The Balaban J connectivity index is 2.03. The van der Waals surface area contributed by atoms with E-state index in [-0.39, 0.29) is 17.4 Å². The van der Waals surface area contributed by atoms with E-state index < -0.39 is 10.8 Å². The number of carbonyl (C=O) groups excluding carboxylic acids is 2. The van der Waals surface area contributed by atoms with Gasteiger partial charge in [0.15, 0.2) is 0 Å². The van der Waals surface area contributed by atoms with Gasteiger partial charge in [0, 0.05) is 12.1 Å². The molecule has 0 aliphatic carbocycles. The zero-order valence-corrected chi connectivity index (χ0v) is 13.7. The van der Waals surface area contributed by atoms with Crippen LogP contribution in [-0.4, -0.2) is 33.5 Å². The molecule has 0 fully saturated rings. The summed E-state index contributed by atoms with van der Waals surface area (Å²) in [5, 5.41) is 10.8. The number of esters is 1. The fourth-order valence-electron chi connectivity index (χ4n) is 1.65. The summed E-state index contributed by atoms with van der Waals surface area (Å²) in [5.41, 5.74) is 0.495. The third-order valence-corrected chi connectivity index (χ3v) is 4.70. The van der Waals surface area contributed by atoms with Crippen LogP contribution >= 0.6 is 23.5 Å². The summed E-state index contributed by atoms with van der Waals surface area (Å²) in [6.07, 6.45) is 1.54. The minimum Gasteiger partial charge on any atom is -0.465 e. The van der Waals surface area contributed by atoms with Gasteiger partial charge in [0.2, 0.25) is 0 Å². The van der Waals surface area contributed by atoms with Crippen molar-refractivity contribution in [2.24, 2.45) is 4.99 Å². The molecule has 9 heteroatoms. The molecule has 0 spiro atoms. The van der Waals surface area contributed by atoms with E-state index in [0.717, 1.165) is 23.5 Å². The molecule has 1 aromatic rings. The third kappa shape index (κ3) is 4.93. The van der Waals surface area contributed by atoms with Crippen molar-refractivity contribution in [3.05, 3.63) is 44.8 Å². The Bertz CT molecular complexity index is 715. The molecule has 1 aliphatic heterocycles. The van der Waals surface area contributed by atoms with Gasteiger partial charge in [-0.25, -0.2) is 0 Å². The van der Waals surface area contributed by atoms with E-state index in [2.05, 4.69) is 4.99 Å². The molecular weight excluding hydrogens is 340 g/mol. The largest absolute Gasteiger partial charge is 0.465 e. The average molecular weight is 352 g/mol.